The smallest absolute Gasteiger partial charge is 0.330 e. The lowest BCUT2D eigenvalue weighted by molar-refractivity contribution is 0.0986. The molecule has 0 saturated heterocycles. The number of benzene rings is 1. The van der Waals surface area contributed by atoms with Gasteiger partial charge in [-0.3, -0.25) is 19.1 Å². The van der Waals surface area contributed by atoms with E-state index in [1.165, 1.54) is 16.6 Å². The summed E-state index contributed by atoms with van der Waals surface area (Å²) in [7, 11) is 1.53. The summed E-state index contributed by atoms with van der Waals surface area (Å²) in [6.07, 6.45) is 2.20. The zero-order valence-corrected chi connectivity index (χ0v) is 16.9. The normalized spacial score (nSPS) is 10.7. The molecule has 0 unspecified atom stereocenters. The van der Waals surface area contributed by atoms with Crippen molar-refractivity contribution in [1.29, 1.82) is 0 Å². The van der Waals surface area contributed by atoms with E-state index in [1.54, 1.807) is 18.2 Å². The molecule has 1 heterocycles. The maximum atomic E-state index is 13.2. The van der Waals surface area contributed by atoms with Gasteiger partial charge in [0.1, 0.15) is 11.6 Å². The van der Waals surface area contributed by atoms with Crippen LogP contribution < -0.4 is 26.6 Å². The number of unbranched alkanes of at least 4 members (excludes halogenated alkanes) is 1. The molecule has 0 fully saturated rings. The van der Waals surface area contributed by atoms with Gasteiger partial charge in [0, 0.05) is 18.7 Å². The lowest BCUT2D eigenvalue weighted by atomic mass is 10.1. The molecule has 2 rings (SSSR count). The van der Waals surface area contributed by atoms with Crippen LogP contribution >= 0.6 is 0 Å². The summed E-state index contributed by atoms with van der Waals surface area (Å²) in [6, 6.07) is 5.10. The van der Waals surface area contributed by atoms with Crippen LogP contribution in [0, 0.1) is 6.92 Å². The van der Waals surface area contributed by atoms with Crippen LogP contribution in [0.1, 0.15) is 49.0 Å². The van der Waals surface area contributed by atoms with Crippen LogP contribution in [0.15, 0.2) is 27.8 Å². The highest BCUT2D eigenvalue weighted by Crippen LogP contribution is 2.24. The van der Waals surface area contributed by atoms with Crippen molar-refractivity contribution in [3.63, 3.8) is 0 Å². The Morgan fingerprint density at radius 3 is 2.57 bits per heavy atom. The molecule has 0 radical (unpaired) electrons. The topological polar surface area (TPSA) is 110 Å². The Labute approximate surface area is 163 Å². The van der Waals surface area contributed by atoms with Gasteiger partial charge < -0.3 is 15.4 Å². The molecule has 0 atom stereocenters. The number of H-pyrrole nitrogens is 1. The molecule has 0 spiro atoms. The standard InChI is InChI=1S/C20H28N4O4/c1-5-7-11-24-17(21)16(18(25)22-20(24)27)23(10-6-2)19(26)14-9-8-13(3)15(12-14)28-4/h8-9,12H,5-7,10-11,21H2,1-4H3,(H,22,25,27). The predicted molar refractivity (Wildman–Crippen MR) is 110 cm³/mol. The molecule has 8 heteroatoms. The first-order chi connectivity index (χ1) is 13.3. The highest BCUT2D eigenvalue weighted by Gasteiger charge is 2.25. The van der Waals surface area contributed by atoms with E-state index in [1.807, 2.05) is 20.8 Å². The fraction of sp³-hybridized carbons (Fsp3) is 0.450. The lowest BCUT2D eigenvalue weighted by Crippen LogP contribution is -2.41. The molecule has 2 aromatic rings. The van der Waals surface area contributed by atoms with Gasteiger partial charge in [-0.05, 0) is 37.5 Å². The first-order valence-corrected chi connectivity index (χ1v) is 9.44. The van der Waals surface area contributed by atoms with Gasteiger partial charge in [-0.25, -0.2) is 4.79 Å². The maximum absolute atomic E-state index is 13.2. The first-order valence-electron chi connectivity index (χ1n) is 9.44. The van der Waals surface area contributed by atoms with Gasteiger partial charge in [0.15, 0.2) is 5.69 Å². The first kappa shape index (κ1) is 21.3. The van der Waals surface area contributed by atoms with E-state index >= 15 is 0 Å². The number of rotatable bonds is 8. The molecule has 152 valence electrons. The number of nitrogens with zero attached hydrogens (tertiary/aromatic N) is 2. The monoisotopic (exact) mass is 388 g/mol. The summed E-state index contributed by atoms with van der Waals surface area (Å²) >= 11 is 0. The number of aromatic amines is 1. The van der Waals surface area contributed by atoms with Gasteiger partial charge in [0.2, 0.25) is 0 Å². The van der Waals surface area contributed by atoms with Crippen molar-refractivity contribution in [1.82, 2.24) is 9.55 Å². The highest BCUT2D eigenvalue weighted by molar-refractivity contribution is 6.07. The number of carbonyl (C=O) groups excluding carboxylic acids is 1. The van der Waals surface area contributed by atoms with Gasteiger partial charge in [-0.2, -0.15) is 0 Å². The Morgan fingerprint density at radius 1 is 1.25 bits per heavy atom. The van der Waals surface area contributed by atoms with Crippen molar-refractivity contribution in [3.8, 4) is 5.75 Å². The largest absolute Gasteiger partial charge is 0.496 e. The number of aromatic nitrogens is 2. The minimum atomic E-state index is -0.670. The van der Waals surface area contributed by atoms with Crippen LogP contribution in [0.5, 0.6) is 5.75 Å². The zero-order chi connectivity index (χ0) is 20.8. The van der Waals surface area contributed by atoms with Gasteiger partial charge >= 0.3 is 5.69 Å². The molecule has 1 amide bonds. The fourth-order valence-electron chi connectivity index (χ4n) is 3.02. The van der Waals surface area contributed by atoms with E-state index in [2.05, 4.69) is 4.98 Å². The quantitative estimate of drug-likeness (QED) is 0.721. The fourth-order valence-corrected chi connectivity index (χ4v) is 3.02. The van der Waals surface area contributed by atoms with Crippen molar-refractivity contribution >= 4 is 17.4 Å². The Balaban J connectivity index is 2.59. The van der Waals surface area contributed by atoms with Crippen molar-refractivity contribution in [2.24, 2.45) is 0 Å². The lowest BCUT2D eigenvalue weighted by Gasteiger charge is -2.24. The third-order valence-corrected chi connectivity index (χ3v) is 4.57. The number of aryl methyl sites for hydroxylation is 1. The Morgan fingerprint density at radius 2 is 1.96 bits per heavy atom. The number of nitrogens with two attached hydrogens (primary N) is 1. The highest BCUT2D eigenvalue weighted by atomic mass is 16.5. The number of nitrogen functional groups attached to an aromatic ring is 1. The Hall–Kier alpha value is -3.03. The van der Waals surface area contributed by atoms with E-state index in [4.69, 9.17) is 10.5 Å². The number of nitrogens with one attached hydrogen (secondary N) is 1. The van der Waals surface area contributed by atoms with Crippen LogP contribution in [0.2, 0.25) is 0 Å². The molecule has 0 bridgehead atoms. The van der Waals surface area contributed by atoms with Crippen molar-refractivity contribution < 1.29 is 9.53 Å². The average Bonchev–Trinajstić information content (AvgIpc) is 2.66. The van der Waals surface area contributed by atoms with Crippen LogP contribution in [-0.2, 0) is 6.54 Å². The number of hydrogen-bond acceptors (Lipinski definition) is 5. The summed E-state index contributed by atoms with van der Waals surface area (Å²) in [5.74, 6) is 0.207. The second kappa shape index (κ2) is 9.25. The molecule has 0 aliphatic rings. The SMILES string of the molecule is CCCCn1c(N)c(N(CCC)C(=O)c2ccc(C)c(OC)c2)c(=O)[nH]c1=O. The number of amides is 1. The molecule has 0 saturated carbocycles. The number of hydrogen-bond donors (Lipinski definition) is 2. The Kier molecular flexibility index (Phi) is 7.03. The molecule has 0 aliphatic heterocycles. The molecule has 0 aliphatic carbocycles. The van der Waals surface area contributed by atoms with Crippen LogP contribution in [0.25, 0.3) is 0 Å². The third-order valence-electron chi connectivity index (χ3n) is 4.57. The number of methoxy groups -OCH3 is 1. The van der Waals surface area contributed by atoms with Crippen LogP contribution in [0.4, 0.5) is 11.5 Å². The van der Waals surface area contributed by atoms with Crippen LogP contribution in [0.3, 0.4) is 0 Å². The van der Waals surface area contributed by atoms with Gasteiger partial charge in [-0.1, -0.05) is 26.3 Å². The summed E-state index contributed by atoms with van der Waals surface area (Å²) in [4.78, 5) is 41.5. The minimum Gasteiger partial charge on any atom is -0.496 e. The maximum Gasteiger partial charge on any atom is 0.330 e. The van der Waals surface area contributed by atoms with E-state index in [-0.39, 0.29) is 24.0 Å². The summed E-state index contributed by atoms with van der Waals surface area (Å²) in [5.41, 5.74) is 6.21. The summed E-state index contributed by atoms with van der Waals surface area (Å²) < 4.78 is 6.61. The minimum absolute atomic E-state index is 0.00194. The predicted octanol–water partition coefficient (Wildman–Crippen LogP) is 2.29. The Bertz CT molecular complexity index is 962. The zero-order valence-electron chi connectivity index (χ0n) is 16.9. The van der Waals surface area contributed by atoms with E-state index in [0.29, 0.717) is 24.3 Å². The second-order valence-corrected chi connectivity index (χ2v) is 6.64. The third kappa shape index (κ3) is 4.27. The summed E-state index contributed by atoms with van der Waals surface area (Å²) in [6.45, 7) is 6.42. The molecule has 8 nitrogen and oxygen atoms in total. The van der Waals surface area contributed by atoms with Crippen molar-refractivity contribution in [3.05, 3.63) is 50.2 Å². The van der Waals surface area contributed by atoms with Gasteiger partial charge in [0.05, 0.1) is 7.11 Å². The van der Waals surface area contributed by atoms with Gasteiger partial charge in [0.25, 0.3) is 11.5 Å². The average molecular weight is 388 g/mol. The van der Waals surface area contributed by atoms with Crippen LogP contribution in [-0.4, -0.2) is 29.1 Å². The van der Waals surface area contributed by atoms with E-state index < -0.39 is 11.2 Å². The summed E-state index contributed by atoms with van der Waals surface area (Å²) in [5, 5.41) is 0. The van der Waals surface area contributed by atoms with E-state index in [9.17, 15) is 14.4 Å². The van der Waals surface area contributed by atoms with Crippen molar-refractivity contribution in [2.75, 3.05) is 24.3 Å². The molecule has 28 heavy (non-hydrogen) atoms. The second-order valence-electron chi connectivity index (χ2n) is 6.64. The number of carbonyl (C=O) groups is 1. The van der Waals surface area contributed by atoms with Crippen molar-refractivity contribution in [2.45, 2.75) is 46.6 Å². The molecular weight excluding hydrogens is 360 g/mol. The number of anilines is 2. The molecular formula is C20H28N4O4. The molecule has 1 aromatic heterocycles. The molecule has 1 aromatic carbocycles. The van der Waals surface area contributed by atoms with Gasteiger partial charge in [-0.15, -0.1) is 0 Å². The van der Waals surface area contributed by atoms with E-state index in [0.717, 1.165) is 18.4 Å². The number of ether oxygens (including phenoxy) is 1. The molecule has 3 N–H and O–H groups in total.